The van der Waals surface area contributed by atoms with E-state index in [2.05, 4.69) is 15.3 Å². The van der Waals surface area contributed by atoms with Crippen molar-refractivity contribution in [2.45, 2.75) is 24.4 Å². The van der Waals surface area contributed by atoms with E-state index in [1.807, 2.05) is 37.4 Å². The van der Waals surface area contributed by atoms with Gasteiger partial charge in [-0.15, -0.1) is 0 Å². The number of hydrogen-bond acceptors (Lipinski definition) is 4. The first-order valence-corrected chi connectivity index (χ1v) is 7.85. The second-order valence-electron chi connectivity index (χ2n) is 5.05. The highest BCUT2D eigenvalue weighted by Crippen LogP contribution is 2.34. The highest BCUT2D eigenvalue weighted by atomic mass is 32.2. The number of carbonyl (C=O) groups is 1. The van der Waals surface area contributed by atoms with Crippen LogP contribution in [0.1, 0.15) is 29.0 Å². The van der Waals surface area contributed by atoms with E-state index in [1.165, 1.54) is 11.8 Å². The first-order valence-electron chi connectivity index (χ1n) is 6.63. The van der Waals surface area contributed by atoms with Crippen molar-refractivity contribution in [1.82, 2.24) is 9.97 Å². The van der Waals surface area contributed by atoms with E-state index in [9.17, 15) is 9.59 Å². The molecule has 2 N–H and O–H groups in total. The van der Waals surface area contributed by atoms with Gasteiger partial charge in [-0.05, 0) is 18.7 Å². The van der Waals surface area contributed by atoms with Gasteiger partial charge in [0.1, 0.15) is 5.82 Å². The van der Waals surface area contributed by atoms with Gasteiger partial charge in [0.05, 0.1) is 5.56 Å². The van der Waals surface area contributed by atoms with Crippen LogP contribution in [0.5, 0.6) is 0 Å². The summed E-state index contributed by atoms with van der Waals surface area (Å²) < 4.78 is 0. The molecule has 1 atom stereocenters. The predicted octanol–water partition coefficient (Wildman–Crippen LogP) is 2.27. The third kappa shape index (κ3) is 2.58. The molecule has 5 nitrogen and oxygen atoms in total. The van der Waals surface area contributed by atoms with E-state index < -0.39 is 0 Å². The predicted molar refractivity (Wildman–Crippen MR) is 82.9 cm³/mol. The smallest absolute Gasteiger partial charge is 0.257 e. The zero-order valence-electron chi connectivity index (χ0n) is 11.8. The van der Waals surface area contributed by atoms with E-state index in [-0.39, 0.29) is 23.8 Å². The number of amides is 1. The molecule has 1 amide bonds. The molecule has 1 aromatic heterocycles. The summed E-state index contributed by atoms with van der Waals surface area (Å²) >= 11 is 1.34. The summed E-state index contributed by atoms with van der Waals surface area (Å²) in [6, 6.07) is 7.90. The zero-order chi connectivity index (χ0) is 15.0. The summed E-state index contributed by atoms with van der Waals surface area (Å²) in [6.07, 6.45) is 2.09. The third-order valence-corrected chi connectivity index (χ3v) is 4.18. The van der Waals surface area contributed by atoms with Crippen LogP contribution in [-0.2, 0) is 4.79 Å². The quantitative estimate of drug-likeness (QED) is 0.659. The SMILES string of the molecule is CSc1nc2c(c(=O)[nH]1)C(c1ccc(C)cc1)CC(=O)N2. The molecular formula is C15H15N3O2S. The Morgan fingerprint density at radius 1 is 1.24 bits per heavy atom. The van der Waals surface area contributed by atoms with Gasteiger partial charge in [-0.25, -0.2) is 4.98 Å². The van der Waals surface area contributed by atoms with Gasteiger partial charge in [0.15, 0.2) is 5.16 Å². The van der Waals surface area contributed by atoms with Crippen molar-refractivity contribution < 1.29 is 4.79 Å². The van der Waals surface area contributed by atoms with Crippen LogP contribution in [0.25, 0.3) is 0 Å². The number of H-pyrrole nitrogens is 1. The molecule has 0 spiro atoms. The first kappa shape index (κ1) is 13.9. The second kappa shape index (κ2) is 5.37. The van der Waals surface area contributed by atoms with Crippen LogP contribution in [-0.4, -0.2) is 22.1 Å². The van der Waals surface area contributed by atoms with E-state index in [1.54, 1.807) is 0 Å². The molecule has 1 aliphatic heterocycles. The van der Waals surface area contributed by atoms with Crippen LogP contribution in [0.4, 0.5) is 5.82 Å². The summed E-state index contributed by atoms with van der Waals surface area (Å²) in [4.78, 5) is 31.3. The summed E-state index contributed by atoms with van der Waals surface area (Å²) in [6.45, 7) is 2.00. The number of nitrogens with zero attached hydrogens (tertiary/aromatic N) is 1. The van der Waals surface area contributed by atoms with E-state index >= 15 is 0 Å². The minimum absolute atomic E-state index is 0.113. The molecule has 0 aliphatic carbocycles. The molecule has 0 radical (unpaired) electrons. The monoisotopic (exact) mass is 301 g/mol. The van der Waals surface area contributed by atoms with Gasteiger partial charge in [0.25, 0.3) is 5.56 Å². The zero-order valence-corrected chi connectivity index (χ0v) is 12.6. The maximum absolute atomic E-state index is 12.3. The fourth-order valence-electron chi connectivity index (χ4n) is 2.53. The number of aromatic amines is 1. The molecule has 1 unspecified atom stereocenters. The maximum Gasteiger partial charge on any atom is 0.257 e. The molecule has 1 aromatic carbocycles. The highest BCUT2D eigenvalue weighted by molar-refractivity contribution is 7.98. The molecular weight excluding hydrogens is 286 g/mol. The minimum Gasteiger partial charge on any atom is -0.310 e. The molecule has 0 bridgehead atoms. The van der Waals surface area contributed by atoms with Crippen molar-refractivity contribution in [2.24, 2.45) is 0 Å². The summed E-state index contributed by atoms with van der Waals surface area (Å²) in [5.41, 5.74) is 2.45. The fourth-order valence-corrected chi connectivity index (χ4v) is 2.91. The summed E-state index contributed by atoms with van der Waals surface area (Å²) in [7, 11) is 0. The Labute approximate surface area is 126 Å². The molecule has 2 aromatic rings. The largest absolute Gasteiger partial charge is 0.310 e. The number of carbonyl (C=O) groups excluding carboxylic acids is 1. The number of hydrogen-bond donors (Lipinski definition) is 2. The van der Waals surface area contributed by atoms with E-state index in [0.29, 0.717) is 16.5 Å². The van der Waals surface area contributed by atoms with Gasteiger partial charge in [-0.2, -0.15) is 0 Å². The molecule has 21 heavy (non-hydrogen) atoms. The van der Waals surface area contributed by atoms with Gasteiger partial charge in [-0.3, -0.25) is 9.59 Å². The Kier molecular flexibility index (Phi) is 3.55. The topological polar surface area (TPSA) is 74.8 Å². The summed E-state index contributed by atoms with van der Waals surface area (Å²) in [5.74, 6) is 0.0182. The average molecular weight is 301 g/mol. The number of aryl methyl sites for hydroxylation is 1. The van der Waals surface area contributed by atoms with Crippen molar-refractivity contribution in [1.29, 1.82) is 0 Å². The Bertz CT molecular complexity index is 753. The van der Waals surface area contributed by atoms with Gasteiger partial charge in [-0.1, -0.05) is 41.6 Å². The van der Waals surface area contributed by atoms with Gasteiger partial charge < -0.3 is 10.3 Å². The second-order valence-corrected chi connectivity index (χ2v) is 5.85. The lowest BCUT2D eigenvalue weighted by atomic mass is 9.86. The number of anilines is 1. The lowest BCUT2D eigenvalue weighted by Crippen LogP contribution is -2.31. The molecule has 3 rings (SSSR count). The Hall–Kier alpha value is -2.08. The van der Waals surface area contributed by atoms with Gasteiger partial charge >= 0.3 is 0 Å². The number of nitrogens with one attached hydrogen (secondary N) is 2. The highest BCUT2D eigenvalue weighted by Gasteiger charge is 2.30. The van der Waals surface area contributed by atoms with Gasteiger partial charge in [0, 0.05) is 12.3 Å². The maximum atomic E-state index is 12.3. The third-order valence-electron chi connectivity index (χ3n) is 3.60. The standard InChI is InChI=1S/C15H15N3O2S/c1-8-3-5-9(6-4-8)10-7-11(19)16-13-12(10)14(20)18-15(17-13)21-2/h3-6,10H,7H2,1-2H3,(H2,16,17,18,19,20). The van der Waals surface area contributed by atoms with Crippen LogP contribution in [0.15, 0.2) is 34.2 Å². The number of thioether (sulfide) groups is 1. The average Bonchev–Trinajstić information content (AvgIpc) is 2.46. The van der Waals surface area contributed by atoms with Crippen LogP contribution >= 0.6 is 11.8 Å². The number of rotatable bonds is 2. The molecule has 2 heterocycles. The minimum atomic E-state index is -0.249. The first-order chi connectivity index (χ1) is 10.1. The molecule has 1 aliphatic rings. The van der Waals surface area contributed by atoms with E-state index in [0.717, 1.165) is 11.1 Å². The van der Waals surface area contributed by atoms with Crippen LogP contribution in [0.2, 0.25) is 0 Å². The van der Waals surface area contributed by atoms with Crippen molar-refractivity contribution in [3.63, 3.8) is 0 Å². The van der Waals surface area contributed by atoms with Gasteiger partial charge in [0.2, 0.25) is 5.91 Å². The summed E-state index contributed by atoms with van der Waals surface area (Å²) in [5, 5.41) is 3.21. The molecule has 6 heteroatoms. The number of benzene rings is 1. The van der Waals surface area contributed by atoms with Crippen molar-refractivity contribution >= 4 is 23.5 Å². The molecule has 0 saturated heterocycles. The van der Waals surface area contributed by atoms with Crippen LogP contribution < -0.4 is 10.9 Å². The Morgan fingerprint density at radius 3 is 2.62 bits per heavy atom. The van der Waals surface area contributed by atoms with Crippen LogP contribution in [0.3, 0.4) is 0 Å². The lowest BCUT2D eigenvalue weighted by Gasteiger charge is -2.24. The Balaban J connectivity index is 2.15. The van der Waals surface area contributed by atoms with E-state index in [4.69, 9.17) is 0 Å². The van der Waals surface area contributed by atoms with Crippen molar-refractivity contribution in [2.75, 3.05) is 11.6 Å². The number of fused-ring (bicyclic) bond motifs is 1. The van der Waals surface area contributed by atoms with Crippen molar-refractivity contribution in [3.8, 4) is 0 Å². The fraction of sp³-hybridized carbons (Fsp3) is 0.267. The van der Waals surface area contributed by atoms with Crippen LogP contribution in [0, 0.1) is 6.92 Å². The number of aromatic nitrogens is 2. The normalized spacial score (nSPS) is 17.2. The molecule has 0 saturated carbocycles. The Morgan fingerprint density at radius 2 is 1.95 bits per heavy atom. The molecule has 0 fully saturated rings. The lowest BCUT2D eigenvalue weighted by molar-refractivity contribution is -0.116. The molecule has 108 valence electrons. The van der Waals surface area contributed by atoms with Crippen molar-refractivity contribution in [3.05, 3.63) is 51.3 Å².